The Bertz CT molecular complexity index is 602. The van der Waals surface area contributed by atoms with Gasteiger partial charge < -0.3 is 11.5 Å². The third-order valence-corrected chi connectivity index (χ3v) is 4.52. The molecule has 1 unspecified atom stereocenters. The molecule has 2 rings (SSSR count). The predicted molar refractivity (Wildman–Crippen MR) is 102 cm³/mol. The summed E-state index contributed by atoms with van der Waals surface area (Å²) in [6.07, 6.45) is 7.12. The Labute approximate surface area is 140 Å². The molecule has 2 aromatic carbocycles. The van der Waals surface area contributed by atoms with Gasteiger partial charge in [0.2, 0.25) is 0 Å². The van der Waals surface area contributed by atoms with Crippen LogP contribution in [-0.2, 0) is 6.42 Å². The quantitative estimate of drug-likeness (QED) is 0.498. The number of benzene rings is 2. The van der Waals surface area contributed by atoms with Gasteiger partial charge >= 0.3 is 0 Å². The maximum absolute atomic E-state index is 6.14. The maximum Gasteiger partial charge on any atom is 0.0346 e. The van der Waals surface area contributed by atoms with E-state index < -0.39 is 0 Å². The summed E-state index contributed by atoms with van der Waals surface area (Å²) < 4.78 is 0. The highest BCUT2D eigenvalue weighted by Gasteiger charge is 2.15. The van der Waals surface area contributed by atoms with Gasteiger partial charge in [-0.3, -0.25) is 0 Å². The molecule has 1 atom stereocenters. The molecule has 0 saturated heterocycles. The molecule has 0 amide bonds. The minimum Gasteiger partial charge on any atom is -0.399 e. The second-order valence-corrected chi connectivity index (χ2v) is 6.42. The number of nitrogens with two attached hydrogens (primary N) is 2. The first-order valence-electron chi connectivity index (χ1n) is 8.89. The molecule has 4 N–H and O–H groups in total. The van der Waals surface area contributed by atoms with Crippen LogP contribution in [0.2, 0.25) is 0 Å². The van der Waals surface area contributed by atoms with Crippen molar-refractivity contribution in [2.75, 3.05) is 11.5 Å². The zero-order valence-electron chi connectivity index (χ0n) is 14.5. The molecular formula is C21H30N2. The van der Waals surface area contributed by atoms with Gasteiger partial charge in [-0.15, -0.1) is 0 Å². The normalized spacial score (nSPS) is 12.3. The number of hydrogen-bond acceptors (Lipinski definition) is 2. The molecule has 124 valence electrons. The fourth-order valence-corrected chi connectivity index (χ4v) is 3.18. The van der Waals surface area contributed by atoms with Crippen LogP contribution in [0.25, 0.3) is 0 Å². The Balaban J connectivity index is 2.32. The number of unbranched alkanes of at least 4 members (excludes halogenated alkanes) is 2. The number of nitrogen functional groups attached to an aromatic ring is 2. The second-order valence-electron chi connectivity index (χ2n) is 6.42. The molecule has 0 aliphatic rings. The van der Waals surface area contributed by atoms with Crippen LogP contribution < -0.4 is 11.5 Å². The van der Waals surface area contributed by atoms with Crippen LogP contribution in [0.1, 0.15) is 68.6 Å². The zero-order valence-corrected chi connectivity index (χ0v) is 14.5. The molecule has 2 aromatic rings. The molecule has 0 aromatic heterocycles. The van der Waals surface area contributed by atoms with Crippen molar-refractivity contribution in [3.63, 3.8) is 0 Å². The molecular weight excluding hydrogens is 280 g/mol. The van der Waals surface area contributed by atoms with Crippen molar-refractivity contribution in [3.05, 3.63) is 59.2 Å². The fraction of sp³-hybridized carbons (Fsp3) is 0.429. The van der Waals surface area contributed by atoms with Gasteiger partial charge in [-0.25, -0.2) is 0 Å². The van der Waals surface area contributed by atoms with Gasteiger partial charge in [0.05, 0.1) is 0 Å². The summed E-state index contributed by atoms with van der Waals surface area (Å²) in [6.45, 7) is 4.45. The molecule has 23 heavy (non-hydrogen) atoms. The number of rotatable bonds is 8. The average Bonchev–Trinajstić information content (AvgIpc) is 2.55. The van der Waals surface area contributed by atoms with Crippen LogP contribution in [0, 0.1) is 0 Å². The van der Waals surface area contributed by atoms with E-state index in [1.807, 2.05) is 12.1 Å². The molecule has 0 radical (unpaired) electrons. The summed E-state index contributed by atoms with van der Waals surface area (Å²) in [5.74, 6) is 0.429. The molecule has 2 heteroatoms. The van der Waals surface area contributed by atoms with Crippen molar-refractivity contribution < 1.29 is 0 Å². The lowest BCUT2D eigenvalue weighted by molar-refractivity contribution is 0.618. The minimum atomic E-state index is 0.429. The van der Waals surface area contributed by atoms with E-state index >= 15 is 0 Å². The van der Waals surface area contributed by atoms with Gasteiger partial charge in [-0.2, -0.15) is 0 Å². The Kier molecular flexibility index (Phi) is 6.52. The van der Waals surface area contributed by atoms with Crippen LogP contribution in [0.4, 0.5) is 11.4 Å². The molecule has 0 saturated carbocycles. The number of hydrogen-bond donors (Lipinski definition) is 2. The van der Waals surface area contributed by atoms with Gasteiger partial charge in [0.1, 0.15) is 0 Å². The van der Waals surface area contributed by atoms with E-state index in [0.29, 0.717) is 5.92 Å². The Morgan fingerprint density at radius 2 is 1.52 bits per heavy atom. The smallest absolute Gasteiger partial charge is 0.0346 e. The van der Waals surface area contributed by atoms with Gasteiger partial charge in [-0.05, 0) is 47.7 Å². The van der Waals surface area contributed by atoms with E-state index in [4.69, 9.17) is 11.5 Å². The van der Waals surface area contributed by atoms with E-state index in [-0.39, 0.29) is 0 Å². The van der Waals surface area contributed by atoms with E-state index in [1.165, 1.54) is 42.4 Å². The molecule has 0 spiro atoms. The molecule has 0 aliphatic carbocycles. The SMILES string of the molecule is CCCCCC(c1ccc(N)cc1)c1ccc(N)c(CCC)c1. The highest BCUT2D eigenvalue weighted by Crippen LogP contribution is 2.32. The third-order valence-electron chi connectivity index (χ3n) is 4.52. The van der Waals surface area contributed by atoms with Crippen LogP contribution in [0.5, 0.6) is 0 Å². The summed E-state index contributed by atoms with van der Waals surface area (Å²) in [7, 11) is 0. The number of aryl methyl sites for hydroxylation is 1. The minimum absolute atomic E-state index is 0.429. The molecule has 0 fully saturated rings. The van der Waals surface area contributed by atoms with Crippen molar-refractivity contribution in [2.24, 2.45) is 0 Å². The van der Waals surface area contributed by atoms with Gasteiger partial charge in [0.15, 0.2) is 0 Å². The molecule has 0 heterocycles. The maximum atomic E-state index is 6.14. The van der Waals surface area contributed by atoms with Crippen LogP contribution in [0.15, 0.2) is 42.5 Å². The van der Waals surface area contributed by atoms with E-state index in [9.17, 15) is 0 Å². The van der Waals surface area contributed by atoms with E-state index in [0.717, 1.165) is 24.2 Å². The van der Waals surface area contributed by atoms with E-state index in [2.05, 4.69) is 44.2 Å². The first kappa shape index (κ1) is 17.4. The predicted octanol–water partition coefficient (Wildman–Crippen LogP) is 5.52. The van der Waals surface area contributed by atoms with Gasteiger partial charge in [-0.1, -0.05) is 63.8 Å². The third kappa shape index (κ3) is 4.75. The van der Waals surface area contributed by atoms with Crippen molar-refractivity contribution in [1.29, 1.82) is 0 Å². The van der Waals surface area contributed by atoms with Crippen LogP contribution >= 0.6 is 0 Å². The lowest BCUT2D eigenvalue weighted by Gasteiger charge is -2.20. The summed E-state index contributed by atoms with van der Waals surface area (Å²) in [5, 5.41) is 0. The average molecular weight is 310 g/mol. The monoisotopic (exact) mass is 310 g/mol. The summed E-state index contributed by atoms with van der Waals surface area (Å²) in [4.78, 5) is 0. The van der Waals surface area contributed by atoms with Crippen molar-refractivity contribution in [2.45, 2.75) is 58.3 Å². The first-order valence-corrected chi connectivity index (χ1v) is 8.89. The topological polar surface area (TPSA) is 52.0 Å². The summed E-state index contributed by atoms with van der Waals surface area (Å²) in [5.41, 5.74) is 17.7. The van der Waals surface area contributed by atoms with Crippen molar-refractivity contribution in [3.8, 4) is 0 Å². The van der Waals surface area contributed by atoms with E-state index in [1.54, 1.807) is 0 Å². The molecule has 0 aliphatic heterocycles. The highest BCUT2D eigenvalue weighted by atomic mass is 14.6. The lowest BCUT2D eigenvalue weighted by Crippen LogP contribution is -2.04. The van der Waals surface area contributed by atoms with Crippen LogP contribution in [0.3, 0.4) is 0 Å². The van der Waals surface area contributed by atoms with Crippen LogP contribution in [-0.4, -0.2) is 0 Å². The van der Waals surface area contributed by atoms with Crippen molar-refractivity contribution in [1.82, 2.24) is 0 Å². The standard InChI is InChI=1S/C21H30N2/c1-3-5-6-8-20(16-9-12-19(22)13-10-16)17-11-14-21(23)18(15-17)7-4-2/h9-15,20H,3-8,22-23H2,1-2H3. The summed E-state index contributed by atoms with van der Waals surface area (Å²) in [6, 6.07) is 14.9. The van der Waals surface area contributed by atoms with Gasteiger partial charge in [0.25, 0.3) is 0 Å². The van der Waals surface area contributed by atoms with Crippen molar-refractivity contribution >= 4 is 11.4 Å². The van der Waals surface area contributed by atoms with Gasteiger partial charge in [0, 0.05) is 17.3 Å². The molecule has 0 bridgehead atoms. The first-order chi connectivity index (χ1) is 11.2. The zero-order chi connectivity index (χ0) is 16.7. The largest absolute Gasteiger partial charge is 0.399 e. The highest BCUT2D eigenvalue weighted by molar-refractivity contribution is 5.51. The summed E-state index contributed by atoms with van der Waals surface area (Å²) >= 11 is 0. The molecule has 2 nitrogen and oxygen atoms in total. The lowest BCUT2D eigenvalue weighted by atomic mass is 9.85. The Hall–Kier alpha value is -1.96. The second kappa shape index (κ2) is 8.61. The fourth-order valence-electron chi connectivity index (χ4n) is 3.18. The number of anilines is 2. The Morgan fingerprint density at radius 1 is 0.826 bits per heavy atom. The Morgan fingerprint density at radius 3 is 2.17 bits per heavy atom.